The second-order valence-electron chi connectivity index (χ2n) is 6.92. The highest BCUT2D eigenvalue weighted by Gasteiger charge is 2.35. The molecule has 2 heterocycles. The van der Waals surface area contributed by atoms with Gasteiger partial charge in [0.2, 0.25) is 5.91 Å². The van der Waals surface area contributed by atoms with Crippen molar-refractivity contribution in [1.82, 2.24) is 10.2 Å². The van der Waals surface area contributed by atoms with Gasteiger partial charge in [-0.15, -0.1) is 0 Å². The van der Waals surface area contributed by atoms with Crippen molar-refractivity contribution in [2.24, 2.45) is 5.92 Å². The van der Waals surface area contributed by atoms with Crippen molar-refractivity contribution in [3.05, 3.63) is 0 Å². The molecule has 0 bridgehead atoms. The number of methoxy groups -OCH3 is 1. The van der Waals surface area contributed by atoms with Crippen molar-refractivity contribution in [2.45, 2.75) is 57.9 Å². The molecule has 24 heavy (non-hydrogen) atoms. The summed E-state index contributed by atoms with van der Waals surface area (Å²) in [5.74, 6) is -0.261. The second kappa shape index (κ2) is 9.34. The predicted molar refractivity (Wildman–Crippen MR) is 88.3 cm³/mol. The number of rotatable bonds is 7. The van der Waals surface area contributed by atoms with Crippen LogP contribution >= 0.6 is 0 Å². The van der Waals surface area contributed by atoms with Crippen molar-refractivity contribution >= 4 is 11.9 Å². The number of amides is 1. The first-order chi connectivity index (χ1) is 11.5. The van der Waals surface area contributed by atoms with Crippen molar-refractivity contribution in [1.29, 1.82) is 0 Å². The van der Waals surface area contributed by atoms with Crippen LogP contribution in [-0.4, -0.2) is 68.6 Å². The van der Waals surface area contributed by atoms with Gasteiger partial charge in [0.05, 0.1) is 32.9 Å². The maximum Gasteiger partial charge on any atom is 0.328 e. The van der Waals surface area contributed by atoms with E-state index in [0.29, 0.717) is 19.6 Å². The highest BCUT2D eigenvalue weighted by atomic mass is 16.7. The molecule has 1 N–H and O–H groups in total. The van der Waals surface area contributed by atoms with Crippen LogP contribution in [-0.2, 0) is 23.8 Å². The smallest absolute Gasteiger partial charge is 0.328 e. The summed E-state index contributed by atoms with van der Waals surface area (Å²) in [5, 5.41) is 2.82. The van der Waals surface area contributed by atoms with Gasteiger partial charge >= 0.3 is 5.97 Å². The summed E-state index contributed by atoms with van der Waals surface area (Å²) < 4.78 is 16.0. The Bertz CT molecular complexity index is 423. The number of carbonyl (C=O) groups excluding carboxylic acids is 2. The summed E-state index contributed by atoms with van der Waals surface area (Å²) in [7, 11) is 1.34. The Morgan fingerprint density at radius 2 is 1.96 bits per heavy atom. The van der Waals surface area contributed by atoms with Gasteiger partial charge in [-0.05, 0) is 31.7 Å². The third-order valence-corrected chi connectivity index (χ3v) is 4.50. The molecule has 0 aliphatic carbocycles. The maximum absolute atomic E-state index is 12.4. The number of piperidine rings is 1. The van der Waals surface area contributed by atoms with Gasteiger partial charge in [0.25, 0.3) is 0 Å². The molecule has 7 heteroatoms. The Morgan fingerprint density at radius 3 is 2.58 bits per heavy atom. The molecule has 0 aromatic carbocycles. The van der Waals surface area contributed by atoms with Crippen molar-refractivity contribution < 1.29 is 23.8 Å². The Morgan fingerprint density at radius 1 is 1.25 bits per heavy atom. The average Bonchev–Trinajstić information content (AvgIpc) is 3.07. The summed E-state index contributed by atoms with van der Waals surface area (Å²) in [6, 6.07) is -0.488. The van der Waals surface area contributed by atoms with Gasteiger partial charge in [0.1, 0.15) is 6.04 Å². The number of ether oxygens (including phenoxy) is 3. The van der Waals surface area contributed by atoms with Gasteiger partial charge in [0.15, 0.2) is 6.29 Å². The first-order valence-corrected chi connectivity index (χ1v) is 8.85. The van der Waals surface area contributed by atoms with E-state index in [1.54, 1.807) is 0 Å². The second-order valence-corrected chi connectivity index (χ2v) is 6.92. The van der Waals surface area contributed by atoms with Crippen molar-refractivity contribution in [2.75, 3.05) is 33.4 Å². The van der Waals surface area contributed by atoms with Gasteiger partial charge in [-0.1, -0.05) is 20.3 Å². The molecule has 2 saturated heterocycles. The zero-order valence-corrected chi connectivity index (χ0v) is 15.0. The standard InChI is InChI=1S/C17H30N2O5/c1-12(2)10-13(16(21)22-3)18-15(20)11-19-7-5-4-6-14(19)17-23-8-9-24-17/h12-14,17H,4-11H2,1-3H3,(H,18,20). The first kappa shape index (κ1) is 19.1. The average molecular weight is 342 g/mol. The number of hydrogen-bond acceptors (Lipinski definition) is 6. The van der Waals surface area contributed by atoms with Crippen LogP contribution in [0.15, 0.2) is 0 Å². The lowest BCUT2D eigenvalue weighted by atomic mass is 10.0. The van der Waals surface area contributed by atoms with E-state index in [-0.39, 0.29) is 30.7 Å². The molecule has 7 nitrogen and oxygen atoms in total. The van der Waals surface area contributed by atoms with Gasteiger partial charge in [-0.25, -0.2) is 4.79 Å². The number of nitrogens with zero attached hydrogens (tertiary/aromatic N) is 1. The molecule has 0 aromatic rings. The molecule has 2 rings (SSSR count). The molecular weight excluding hydrogens is 312 g/mol. The van der Waals surface area contributed by atoms with Gasteiger partial charge in [0, 0.05) is 0 Å². The fourth-order valence-corrected chi connectivity index (χ4v) is 3.37. The monoisotopic (exact) mass is 342 g/mol. The molecule has 2 aliphatic rings. The predicted octanol–water partition coefficient (Wildman–Crippen LogP) is 0.918. The van der Waals surface area contributed by atoms with Crippen molar-refractivity contribution in [3.63, 3.8) is 0 Å². The Labute approximate surface area is 144 Å². The zero-order chi connectivity index (χ0) is 17.5. The minimum Gasteiger partial charge on any atom is -0.467 e. The highest BCUT2D eigenvalue weighted by molar-refractivity contribution is 5.85. The van der Waals surface area contributed by atoms with Crippen LogP contribution in [0.4, 0.5) is 0 Å². The SMILES string of the molecule is COC(=O)C(CC(C)C)NC(=O)CN1CCCCC1C1OCCO1. The largest absolute Gasteiger partial charge is 0.467 e. The summed E-state index contributed by atoms with van der Waals surface area (Å²) in [4.78, 5) is 26.4. The van der Waals surface area contributed by atoms with E-state index in [2.05, 4.69) is 10.2 Å². The lowest BCUT2D eigenvalue weighted by molar-refractivity contribution is -0.146. The molecular formula is C17H30N2O5. The lowest BCUT2D eigenvalue weighted by Gasteiger charge is -2.37. The minimum atomic E-state index is -0.593. The number of esters is 1. The molecule has 1 amide bonds. The Hall–Kier alpha value is -1.18. The number of hydrogen-bond donors (Lipinski definition) is 1. The number of nitrogens with one attached hydrogen (secondary N) is 1. The Balaban J connectivity index is 1.91. The third-order valence-electron chi connectivity index (χ3n) is 4.50. The zero-order valence-electron chi connectivity index (χ0n) is 15.0. The molecule has 2 aliphatic heterocycles. The third kappa shape index (κ3) is 5.43. The number of likely N-dealkylation sites (tertiary alicyclic amines) is 1. The summed E-state index contributed by atoms with van der Waals surface area (Å²) >= 11 is 0. The Kier molecular flexibility index (Phi) is 7.45. The van der Waals surface area contributed by atoms with Crippen LogP contribution < -0.4 is 5.32 Å². The molecule has 0 radical (unpaired) electrons. The topological polar surface area (TPSA) is 77.1 Å². The minimum absolute atomic E-state index is 0.105. The van der Waals surface area contributed by atoms with Crippen LogP contribution in [0.2, 0.25) is 0 Å². The van der Waals surface area contributed by atoms with Gasteiger partial charge < -0.3 is 19.5 Å². The maximum atomic E-state index is 12.4. The van der Waals surface area contributed by atoms with E-state index in [9.17, 15) is 9.59 Å². The van der Waals surface area contributed by atoms with E-state index >= 15 is 0 Å². The van der Waals surface area contributed by atoms with Crippen LogP contribution in [0.3, 0.4) is 0 Å². The van der Waals surface area contributed by atoms with Gasteiger partial charge in [-0.2, -0.15) is 0 Å². The normalized spacial score (nSPS) is 24.1. The summed E-state index contributed by atoms with van der Waals surface area (Å²) in [5.41, 5.74) is 0. The lowest BCUT2D eigenvalue weighted by Crippen LogP contribution is -2.53. The molecule has 2 fully saturated rings. The molecule has 0 spiro atoms. The summed E-state index contributed by atoms with van der Waals surface area (Å²) in [6.45, 7) is 6.34. The quantitative estimate of drug-likeness (QED) is 0.693. The fraction of sp³-hybridized carbons (Fsp3) is 0.882. The van der Waals surface area contributed by atoms with E-state index in [0.717, 1.165) is 25.8 Å². The van der Waals surface area contributed by atoms with E-state index in [1.165, 1.54) is 7.11 Å². The van der Waals surface area contributed by atoms with Crippen LogP contribution in [0.25, 0.3) is 0 Å². The van der Waals surface area contributed by atoms with E-state index in [4.69, 9.17) is 14.2 Å². The first-order valence-electron chi connectivity index (χ1n) is 8.85. The molecule has 0 saturated carbocycles. The van der Waals surface area contributed by atoms with Crippen LogP contribution in [0.1, 0.15) is 39.5 Å². The van der Waals surface area contributed by atoms with Crippen molar-refractivity contribution in [3.8, 4) is 0 Å². The summed E-state index contributed by atoms with van der Waals surface area (Å²) in [6.07, 6.45) is 3.46. The van der Waals surface area contributed by atoms with Crippen LogP contribution in [0, 0.1) is 5.92 Å². The number of carbonyl (C=O) groups is 2. The van der Waals surface area contributed by atoms with E-state index in [1.807, 2.05) is 13.8 Å². The molecule has 2 atom stereocenters. The van der Waals surface area contributed by atoms with Crippen LogP contribution in [0.5, 0.6) is 0 Å². The van der Waals surface area contributed by atoms with E-state index < -0.39 is 12.0 Å². The highest BCUT2D eigenvalue weighted by Crippen LogP contribution is 2.24. The molecule has 0 aromatic heterocycles. The van der Waals surface area contributed by atoms with Gasteiger partial charge in [-0.3, -0.25) is 9.69 Å². The molecule has 2 unspecified atom stereocenters. The molecule has 138 valence electrons. The fourth-order valence-electron chi connectivity index (χ4n) is 3.37.